The van der Waals surface area contributed by atoms with Crippen molar-refractivity contribution in [3.8, 4) is 5.75 Å². The summed E-state index contributed by atoms with van der Waals surface area (Å²) in [6, 6.07) is 2.98. The molecule has 0 heterocycles. The van der Waals surface area contributed by atoms with Crippen molar-refractivity contribution in [1.82, 2.24) is 5.48 Å². The van der Waals surface area contributed by atoms with Crippen molar-refractivity contribution in [2.75, 3.05) is 14.2 Å². The van der Waals surface area contributed by atoms with Gasteiger partial charge < -0.3 is 9.57 Å². The third-order valence-corrected chi connectivity index (χ3v) is 2.35. The number of halogens is 2. The van der Waals surface area contributed by atoms with Gasteiger partial charge in [-0.2, -0.15) is 5.48 Å². The topological polar surface area (TPSA) is 30.5 Å². The molecule has 1 aromatic rings. The van der Waals surface area contributed by atoms with E-state index in [1.54, 1.807) is 6.07 Å². The van der Waals surface area contributed by atoms with Gasteiger partial charge in [-0.15, -0.1) is 0 Å². The molecule has 14 heavy (non-hydrogen) atoms. The lowest BCUT2D eigenvalue weighted by Crippen LogP contribution is -2.12. The lowest BCUT2D eigenvalue weighted by molar-refractivity contribution is 0.0859. The highest BCUT2D eigenvalue weighted by atomic mass is 79.9. The zero-order valence-electron chi connectivity index (χ0n) is 7.93. The molecule has 0 aliphatic heterocycles. The number of benzene rings is 1. The second-order valence-electron chi connectivity index (χ2n) is 2.60. The number of rotatable bonds is 4. The molecule has 1 N–H and O–H groups in total. The smallest absolute Gasteiger partial charge is 0.135 e. The first kappa shape index (κ1) is 11.4. The number of hydrogen-bond donors (Lipinski definition) is 1. The summed E-state index contributed by atoms with van der Waals surface area (Å²) in [6.07, 6.45) is 0. The zero-order valence-corrected chi connectivity index (χ0v) is 9.52. The third-order valence-electron chi connectivity index (χ3n) is 1.73. The van der Waals surface area contributed by atoms with Gasteiger partial charge in [0.25, 0.3) is 0 Å². The summed E-state index contributed by atoms with van der Waals surface area (Å²) in [4.78, 5) is 4.63. The summed E-state index contributed by atoms with van der Waals surface area (Å²) in [5, 5.41) is 0. The van der Waals surface area contributed by atoms with Gasteiger partial charge in [0.1, 0.15) is 11.6 Å². The van der Waals surface area contributed by atoms with E-state index >= 15 is 0 Å². The van der Waals surface area contributed by atoms with Gasteiger partial charge in [-0.1, -0.05) is 0 Å². The average Bonchev–Trinajstić information content (AvgIpc) is 2.18. The van der Waals surface area contributed by atoms with Crippen LogP contribution in [0, 0.1) is 5.82 Å². The van der Waals surface area contributed by atoms with E-state index in [9.17, 15) is 4.39 Å². The molecule has 78 valence electrons. The maximum absolute atomic E-state index is 13.3. The minimum Gasteiger partial charge on any atom is -0.495 e. The van der Waals surface area contributed by atoms with Crippen LogP contribution in [-0.2, 0) is 11.4 Å². The molecular weight excluding hydrogens is 253 g/mol. The highest BCUT2D eigenvalue weighted by Gasteiger charge is 2.08. The van der Waals surface area contributed by atoms with Crippen LogP contribution in [-0.4, -0.2) is 14.2 Å². The Morgan fingerprint density at radius 3 is 2.71 bits per heavy atom. The maximum atomic E-state index is 13.3. The Morgan fingerprint density at radius 2 is 2.14 bits per heavy atom. The molecule has 1 rings (SSSR count). The Labute approximate surface area is 90.3 Å². The quantitative estimate of drug-likeness (QED) is 0.846. The minimum absolute atomic E-state index is 0.310. The Kier molecular flexibility index (Phi) is 4.31. The number of ether oxygens (including phenoxy) is 1. The number of hydrogen-bond acceptors (Lipinski definition) is 3. The molecule has 3 nitrogen and oxygen atoms in total. The SMILES string of the molecule is CONCc1cc(Br)c(OC)cc1F. The molecule has 0 fully saturated rings. The molecule has 0 spiro atoms. The predicted molar refractivity (Wildman–Crippen MR) is 54.5 cm³/mol. The molecule has 0 saturated carbocycles. The fourth-order valence-electron chi connectivity index (χ4n) is 1.01. The summed E-state index contributed by atoms with van der Waals surface area (Å²) in [5.74, 6) is 0.151. The molecule has 0 aliphatic carbocycles. The van der Waals surface area contributed by atoms with Crippen LogP contribution >= 0.6 is 15.9 Å². The Balaban J connectivity index is 2.90. The Morgan fingerprint density at radius 1 is 1.43 bits per heavy atom. The first-order valence-electron chi connectivity index (χ1n) is 3.96. The molecule has 0 saturated heterocycles. The highest BCUT2D eigenvalue weighted by Crippen LogP contribution is 2.27. The first-order valence-corrected chi connectivity index (χ1v) is 4.76. The van der Waals surface area contributed by atoms with E-state index < -0.39 is 0 Å². The minimum atomic E-state index is -0.324. The van der Waals surface area contributed by atoms with Crippen LogP contribution in [0.2, 0.25) is 0 Å². The van der Waals surface area contributed by atoms with E-state index in [0.29, 0.717) is 22.3 Å². The molecule has 5 heteroatoms. The van der Waals surface area contributed by atoms with Crippen LogP contribution in [0.3, 0.4) is 0 Å². The van der Waals surface area contributed by atoms with Crippen molar-refractivity contribution in [1.29, 1.82) is 0 Å². The highest BCUT2D eigenvalue weighted by molar-refractivity contribution is 9.10. The average molecular weight is 264 g/mol. The van der Waals surface area contributed by atoms with Gasteiger partial charge in [0.15, 0.2) is 0 Å². The molecule has 1 aromatic carbocycles. The molecule has 0 aromatic heterocycles. The summed E-state index contributed by atoms with van der Waals surface area (Å²) >= 11 is 3.27. The number of nitrogens with one attached hydrogen (secondary N) is 1. The van der Waals surface area contributed by atoms with E-state index in [0.717, 1.165) is 0 Å². The molecule has 0 atom stereocenters. The van der Waals surface area contributed by atoms with Crippen LogP contribution < -0.4 is 10.2 Å². The van der Waals surface area contributed by atoms with E-state index in [2.05, 4.69) is 26.2 Å². The second-order valence-corrected chi connectivity index (χ2v) is 3.46. The van der Waals surface area contributed by atoms with Gasteiger partial charge in [0.2, 0.25) is 0 Å². The van der Waals surface area contributed by atoms with Gasteiger partial charge in [0, 0.05) is 18.2 Å². The largest absolute Gasteiger partial charge is 0.495 e. The van der Waals surface area contributed by atoms with Crippen LogP contribution in [0.1, 0.15) is 5.56 Å². The predicted octanol–water partition coefficient (Wildman–Crippen LogP) is 2.25. The van der Waals surface area contributed by atoms with Crippen molar-refractivity contribution in [2.45, 2.75) is 6.54 Å². The molecule has 0 bridgehead atoms. The Hall–Kier alpha value is -0.650. The normalized spacial score (nSPS) is 10.3. The van der Waals surface area contributed by atoms with Crippen LogP contribution in [0.4, 0.5) is 4.39 Å². The van der Waals surface area contributed by atoms with Crippen molar-refractivity contribution in [2.24, 2.45) is 0 Å². The maximum Gasteiger partial charge on any atom is 0.135 e. The Bertz CT molecular complexity index is 320. The monoisotopic (exact) mass is 263 g/mol. The van der Waals surface area contributed by atoms with Crippen LogP contribution in [0.15, 0.2) is 16.6 Å². The molecule has 0 radical (unpaired) electrons. The summed E-state index contributed by atoms with van der Waals surface area (Å²) in [7, 11) is 2.98. The van der Waals surface area contributed by atoms with Crippen molar-refractivity contribution >= 4 is 15.9 Å². The van der Waals surface area contributed by atoms with Crippen molar-refractivity contribution in [3.63, 3.8) is 0 Å². The molecule has 0 amide bonds. The lowest BCUT2D eigenvalue weighted by Gasteiger charge is -2.08. The molecule has 0 aliphatic rings. The summed E-state index contributed by atoms with van der Waals surface area (Å²) in [6.45, 7) is 0.310. The fraction of sp³-hybridized carbons (Fsp3) is 0.333. The summed E-state index contributed by atoms with van der Waals surface area (Å²) in [5.41, 5.74) is 3.08. The summed E-state index contributed by atoms with van der Waals surface area (Å²) < 4.78 is 19.0. The van der Waals surface area contributed by atoms with Gasteiger partial charge in [-0.05, 0) is 22.0 Å². The first-order chi connectivity index (χ1) is 6.69. The number of hydroxylamine groups is 1. The van der Waals surface area contributed by atoms with Crippen molar-refractivity contribution < 1.29 is 14.0 Å². The fourth-order valence-corrected chi connectivity index (χ4v) is 1.56. The van der Waals surface area contributed by atoms with Crippen LogP contribution in [0.5, 0.6) is 5.75 Å². The number of methoxy groups -OCH3 is 1. The van der Waals surface area contributed by atoms with Gasteiger partial charge in [-0.3, -0.25) is 0 Å². The standard InChI is InChI=1S/C9H11BrFNO2/c1-13-9-4-8(11)6(3-7(9)10)5-12-14-2/h3-4,12H,5H2,1-2H3. The van der Waals surface area contributed by atoms with Gasteiger partial charge in [0.05, 0.1) is 18.7 Å². The second kappa shape index (κ2) is 5.29. The van der Waals surface area contributed by atoms with E-state index in [4.69, 9.17) is 4.74 Å². The van der Waals surface area contributed by atoms with Crippen LogP contribution in [0.25, 0.3) is 0 Å². The van der Waals surface area contributed by atoms with Gasteiger partial charge >= 0.3 is 0 Å². The van der Waals surface area contributed by atoms with E-state index in [1.807, 2.05) is 0 Å². The molecular formula is C9H11BrFNO2. The zero-order chi connectivity index (χ0) is 10.6. The third kappa shape index (κ3) is 2.67. The lowest BCUT2D eigenvalue weighted by atomic mass is 10.2. The van der Waals surface area contributed by atoms with E-state index in [1.165, 1.54) is 20.3 Å². The van der Waals surface area contributed by atoms with Gasteiger partial charge in [-0.25, -0.2) is 4.39 Å². The molecule has 0 unspecified atom stereocenters. The van der Waals surface area contributed by atoms with E-state index in [-0.39, 0.29) is 5.82 Å². The van der Waals surface area contributed by atoms with Crippen molar-refractivity contribution in [3.05, 3.63) is 28.0 Å².